The van der Waals surface area contributed by atoms with Gasteiger partial charge in [-0.05, 0) is 30.7 Å². The van der Waals surface area contributed by atoms with E-state index in [1.807, 2.05) is 6.07 Å². The highest BCUT2D eigenvalue weighted by molar-refractivity contribution is 5.87. The summed E-state index contributed by atoms with van der Waals surface area (Å²) in [5, 5.41) is 9.84. The highest BCUT2D eigenvalue weighted by Crippen LogP contribution is 2.38. The molecule has 1 fully saturated rings. The van der Waals surface area contributed by atoms with E-state index >= 15 is 0 Å². The standard InChI is InChI=1S/C19H17F3N6/c1-27(16-3-2-12(9-23)8-15(16)19(20,21)22)13-5-7-28(10-13)18-14-4-6-24-17(14)25-11-26-18/h2-4,6,8,11,13H,5,7,10H2,1H3,(H,24,25,26). The molecule has 1 saturated heterocycles. The lowest BCUT2D eigenvalue weighted by Crippen LogP contribution is -2.36. The zero-order valence-corrected chi connectivity index (χ0v) is 15.0. The number of benzene rings is 1. The number of halogens is 3. The van der Waals surface area contributed by atoms with Crippen LogP contribution in [0.15, 0.2) is 36.8 Å². The van der Waals surface area contributed by atoms with Gasteiger partial charge in [0.2, 0.25) is 0 Å². The molecule has 0 spiro atoms. The van der Waals surface area contributed by atoms with Crippen molar-refractivity contribution in [3.05, 3.63) is 47.9 Å². The molecule has 1 aliphatic rings. The average Bonchev–Trinajstić information content (AvgIpc) is 3.35. The van der Waals surface area contributed by atoms with Crippen LogP contribution in [0.4, 0.5) is 24.7 Å². The van der Waals surface area contributed by atoms with Crippen molar-refractivity contribution < 1.29 is 13.2 Å². The molecule has 3 aromatic rings. The number of nitrogens with one attached hydrogen (secondary N) is 1. The summed E-state index contributed by atoms with van der Waals surface area (Å²) in [6.07, 6.45) is -0.565. The van der Waals surface area contributed by atoms with Crippen LogP contribution in [0.2, 0.25) is 0 Å². The summed E-state index contributed by atoms with van der Waals surface area (Å²) >= 11 is 0. The lowest BCUT2D eigenvalue weighted by Gasteiger charge is -2.29. The molecule has 0 radical (unpaired) electrons. The number of rotatable bonds is 3. The molecule has 1 N–H and O–H groups in total. The van der Waals surface area contributed by atoms with E-state index in [-0.39, 0.29) is 17.3 Å². The number of alkyl halides is 3. The summed E-state index contributed by atoms with van der Waals surface area (Å²) in [4.78, 5) is 15.3. The molecule has 4 rings (SSSR count). The normalized spacial score (nSPS) is 17.1. The Morgan fingerprint density at radius 2 is 2.11 bits per heavy atom. The Hall–Kier alpha value is -3.28. The number of nitriles is 1. The predicted octanol–water partition coefficient (Wildman–Crippen LogP) is 3.56. The lowest BCUT2D eigenvalue weighted by atomic mass is 10.1. The van der Waals surface area contributed by atoms with Crippen LogP contribution in [0.25, 0.3) is 11.0 Å². The predicted molar refractivity (Wildman–Crippen MR) is 99.1 cm³/mol. The van der Waals surface area contributed by atoms with Crippen LogP contribution in [0.3, 0.4) is 0 Å². The fourth-order valence-corrected chi connectivity index (χ4v) is 3.70. The van der Waals surface area contributed by atoms with E-state index in [1.165, 1.54) is 18.5 Å². The van der Waals surface area contributed by atoms with E-state index in [0.717, 1.165) is 22.9 Å². The molecular formula is C19H17F3N6. The average molecular weight is 386 g/mol. The van der Waals surface area contributed by atoms with Gasteiger partial charge in [0.1, 0.15) is 17.8 Å². The minimum atomic E-state index is -4.53. The van der Waals surface area contributed by atoms with Gasteiger partial charge < -0.3 is 14.8 Å². The fraction of sp³-hybridized carbons (Fsp3) is 0.316. The Bertz CT molecular complexity index is 1050. The molecule has 28 heavy (non-hydrogen) atoms. The van der Waals surface area contributed by atoms with E-state index < -0.39 is 11.7 Å². The zero-order chi connectivity index (χ0) is 19.9. The first-order valence-electron chi connectivity index (χ1n) is 8.75. The second-order valence-electron chi connectivity index (χ2n) is 6.78. The number of nitrogens with zero attached hydrogens (tertiary/aromatic N) is 5. The first-order chi connectivity index (χ1) is 13.4. The third kappa shape index (κ3) is 3.11. The highest BCUT2D eigenvalue weighted by atomic mass is 19.4. The number of aromatic nitrogens is 3. The number of aromatic amines is 1. The van der Waals surface area contributed by atoms with Gasteiger partial charge in [-0.25, -0.2) is 9.97 Å². The summed E-state index contributed by atoms with van der Waals surface area (Å²) in [5.74, 6) is 0.776. The van der Waals surface area contributed by atoms with Gasteiger partial charge in [0.25, 0.3) is 0 Å². The minimum absolute atomic E-state index is 0.00615. The van der Waals surface area contributed by atoms with Crippen molar-refractivity contribution in [2.45, 2.75) is 18.6 Å². The van der Waals surface area contributed by atoms with Crippen molar-refractivity contribution in [3.8, 4) is 6.07 Å². The van der Waals surface area contributed by atoms with Crippen LogP contribution in [-0.2, 0) is 6.18 Å². The number of hydrogen-bond acceptors (Lipinski definition) is 5. The molecule has 1 aromatic carbocycles. The van der Waals surface area contributed by atoms with Crippen molar-refractivity contribution in [2.24, 2.45) is 0 Å². The van der Waals surface area contributed by atoms with Gasteiger partial charge in [-0.1, -0.05) is 0 Å². The number of likely N-dealkylation sites (N-methyl/N-ethyl adjacent to an activating group) is 1. The maximum atomic E-state index is 13.5. The number of anilines is 2. The highest BCUT2D eigenvalue weighted by Gasteiger charge is 2.37. The molecular weight excluding hydrogens is 369 g/mol. The van der Waals surface area contributed by atoms with Crippen molar-refractivity contribution in [1.82, 2.24) is 15.0 Å². The largest absolute Gasteiger partial charge is 0.418 e. The Labute approximate surface area is 159 Å². The first kappa shape index (κ1) is 18.1. The van der Waals surface area contributed by atoms with E-state index in [2.05, 4.69) is 19.9 Å². The molecule has 2 aromatic heterocycles. The van der Waals surface area contributed by atoms with Gasteiger partial charge >= 0.3 is 6.18 Å². The van der Waals surface area contributed by atoms with Gasteiger partial charge in [0, 0.05) is 38.1 Å². The van der Waals surface area contributed by atoms with Crippen LogP contribution >= 0.6 is 0 Å². The Morgan fingerprint density at radius 1 is 1.29 bits per heavy atom. The maximum absolute atomic E-state index is 13.5. The SMILES string of the molecule is CN(c1ccc(C#N)cc1C(F)(F)F)C1CCN(c2ncnc3[nH]ccc23)C1. The molecule has 9 heteroatoms. The molecule has 0 aliphatic carbocycles. The van der Waals surface area contributed by atoms with Crippen molar-refractivity contribution in [1.29, 1.82) is 5.26 Å². The Kier molecular flexibility index (Phi) is 4.34. The summed E-state index contributed by atoms with van der Waals surface area (Å²) in [7, 11) is 1.66. The topological polar surface area (TPSA) is 71.8 Å². The van der Waals surface area contributed by atoms with E-state index in [1.54, 1.807) is 24.2 Å². The van der Waals surface area contributed by atoms with Crippen molar-refractivity contribution in [2.75, 3.05) is 29.9 Å². The van der Waals surface area contributed by atoms with Crippen molar-refractivity contribution in [3.63, 3.8) is 0 Å². The van der Waals surface area contributed by atoms with Gasteiger partial charge in [-0.3, -0.25) is 0 Å². The summed E-state index contributed by atoms with van der Waals surface area (Å²) in [5.41, 5.74) is 0.0111. The van der Waals surface area contributed by atoms with Crippen LogP contribution in [0.5, 0.6) is 0 Å². The second-order valence-corrected chi connectivity index (χ2v) is 6.78. The number of fused-ring (bicyclic) bond motifs is 1. The van der Waals surface area contributed by atoms with Crippen LogP contribution in [0.1, 0.15) is 17.5 Å². The molecule has 3 heterocycles. The second kappa shape index (κ2) is 6.71. The summed E-state index contributed by atoms with van der Waals surface area (Å²) in [6.45, 7) is 1.23. The van der Waals surface area contributed by atoms with Gasteiger partial charge in [-0.15, -0.1) is 0 Å². The molecule has 1 aliphatic heterocycles. The third-order valence-corrected chi connectivity index (χ3v) is 5.15. The maximum Gasteiger partial charge on any atom is 0.418 e. The van der Waals surface area contributed by atoms with Gasteiger partial charge in [-0.2, -0.15) is 18.4 Å². The number of H-pyrrole nitrogens is 1. The van der Waals surface area contributed by atoms with Crippen LogP contribution in [-0.4, -0.2) is 41.1 Å². The molecule has 0 amide bonds. The Morgan fingerprint density at radius 3 is 2.86 bits per heavy atom. The van der Waals surface area contributed by atoms with Gasteiger partial charge in [0.05, 0.1) is 22.6 Å². The monoisotopic (exact) mass is 386 g/mol. The van der Waals surface area contributed by atoms with E-state index in [4.69, 9.17) is 5.26 Å². The third-order valence-electron chi connectivity index (χ3n) is 5.15. The van der Waals surface area contributed by atoms with E-state index in [0.29, 0.717) is 19.5 Å². The summed E-state index contributed by atoms with van der Waals surface area (Å²) in [6, 6.07) is 7.26. The van der Waals surface area contributed by atoms with E-state index in [9.17, 15) is 13.2 Å². The lowest BCUT2D eigenvalue weighted by molar-refractivity contribution is -0.137. The molecule has 0 saturated carbocycles. The quantitative estimate of drug-likeness (QED) is 0.745. The molecule has 1 atom stereocenters. The first-order valence-corrected chi connectivity index (χ1v) is 8.75. The minimum Gasteiger partial charge on any atom is -0.369 e. The van der Waals surface area contributed by atoms with Crippen LogP contribution in [0, 0.1) is 11.3 Å². The molecule has 1 unspecified atom stereocenters. The Balaban J connectivity index is 1.61. The molecule has 6 nitrogen and oxygen atoms in total. The smallest absolute Gasteiger partial charge is 0.369 e. The van der Waals surface area contributed by atoms with Gasteiger partial charge in [0.15, 0.2) is 0 Å². The molecule has 144 valence electrons. The zero-order valence-electron chi connectivity index (χ0n) is 15.0. The summed E-state index contributed by atoms with van der Waals surface area (Å²) < 4.78 is 40.6. The fourth-order valence-electron chi connectivity index (χ4n) is 3.70. The molecule has 0 bridgehead atoms. The van der Waals surface area contributed by atoms with Crippen LogP contribution < -0.4 is 9.80 Å². The van der Waals surface area contributed by atoms with Crippen molar-refractivity contribution >= 4 is 22.5 Å². The number of hydrogen-bond donors (Lipinski definition) is 1.